The number of furan rings is 1. The SMILES string of the molecule is [2H]C([2H])([2H])c1ccnc(-c2[c-]ccc3c2oc2ccccc23)c1.[Ir+3].[c-]1ccccc1-n1[c-][n+](-c2c3c(cc4c2CCCC4)CCCC3)c2ccccc21. The molecule has 8 aromatic rings. The number of para-hydroxylation sites is 4. The Kier molecular flexibility index (Phi) is 8.00. The van der Waals surface area contributed by atoms with E-state index in [4.69, 9.17) is 8.53 Å². The maximum Gasteiger partial charge on any atom is 3.00 e. The number of hydrogen-bond acceptors (Lipinski definition) is 2. The minimum Gasteiger partial charge on any atom is -0.501 e. The molecule has 0 bridgehead atoms. The molecule has 0 radical (unpaired) electrons. The molecular formula is C45H37IrN3O+. The van der Waals surface area contributed by atoms with Crippen molar-refractivity contribution in [3.05, 3.63) is 156 Å². The Balaban J connectivity index is 0.000000152. The Hall–Kier alpha value is -4.83. The summed E-state index contributed by atoms with van der Waals surface area (Å²) in [7, 11) is 0. The van der Waals surface area contributed by atoms with Crippen LogP contribution in [-0.4, -0.2) is 9.55 Å². The van der Waals surface area contributed by atoms with Gasteiger partial charge < -0.3 is 14.0 Å². The van der Waals surface area contributed by atoms with Gasteiger partial charge in [-0.15, -0.1) is 18.2 Å². The van der Waals surface area contributed by atoms with Gasteiger partial charge in [-0.25, -0.2) is 0 Å². The summed E-state index contributed by atoms with van der Waals surface area (Å²) in [4.78, 5) is 4.30. The van der Waals surface area contributed by atoms with Crippen molar-refractivity contribution >= 4 is 33.0 Å². The van der Waals surface area contributed by atoms with Crippen LogP contribution in [0.25, 0.3) is 55.6 Å². The second kappa shape index (κ2) is 13.8. The van der Waals surface area contributed by atoms with Gasteiger partial charge in [0, 0.05) is 15.7 Å². The van der Waals surface area contributed by atoms with Crippen molar-refractivity contribution in [1.29, 1.82) is 0 Å². The molecule has 0 saturated heterocycles. The first kappa shape index (κ1) is 29.0. The minimum absolute atomic E-state index is 0. The van der Waals surface area contributed by atoms with Crippen LogP contribution in [0.2, 0.25) is 0 Å². The van der Waals surface area contributed by atoms with Gasteiger partial charge in [0.25, 0.3) is 6.33 Å². The monoisotopic (exact) mass is 831 g/mol. The number of nitrogens with zero attached hydrogens (tertiary/aromatic N) is 3. The summed E-state index contributed by atoms with van der Waals surface area (Å²) in [5, 5.41) is 1.99. The van der Waals surface area contributed by atoms with Crippen LogP contribution < -0.4 is 4.57 Å². The van der Waals surface area contributed by atoms with Gasteiger partial charge in [-0.1, -0.05) is 71.1 Å². The van der Waals surface area contributed by atoms with Crippen LogP contribution in [0.5, 0.6) is 0 Å². The van der Waals surface area contributed by atoms with Gasteiger partial charge in [-0.2, -0.15) is 30.3 Å². The second-order valence-electron chi connectivity index (χ2n) is 13.0. The average molecular weight is 831 g/mol. The van der Waals surface area contributed by atoms with Crippen molar-refractivity contribution in [2.24, 2.45) is 0 Å². The summed E-state index contributed by atoms with van der Waals surface area (Å²) in [6.45, 7) is -2.17. The molecule has 0 unspecified atom stereocenters. The van der Waals surface area contributed by atoms with Crippen molar-refractivity contribution in [3.63, 3.8) is 0 Å². The Morgan fingerprint density at radius 2 is 1.52 bits per heavy atom. The van der Waals surface area contributed by atoms with Gasteiger partial charge in [0.2, 0.25) is 0 Å². The van der Waals surface area contributed by atoms with Crippen LogP contribution in [0.1, 0.15) is 57.6 Å². The molecule has 10 rings (SSSR count). The molecule has 0 atom stereocenters. The van der Waals surface area contributed by atoms with Crippen LogP contribution in [0.4, 0.5) is 0 Å². The maximum absolute atomic E-state index is 7.55. The average Bonchev–Trinajstić information content (AvgIpc) is 3.76. The van der Waals surface area contributed by atoms with E-state index in [0.717, 1.165) is 22.0 Å². The molecule has 0 spiro atoms. The quantitative estimate of drug-likeness (QED) is 0.131. The fourth-order valence-corrected chi connectivity index (χ4v) is 7.75. The van der Waals surface area contributed by atoms with Crippen molar-refractivity contribution in [1.82, 2.24) is 9.55 Å². The first-order chi connectivity index (χ1) is 25.4. The number of aromatic nitrogens is 3. The molecule has 4 nitrogen and oxygen atoms in total. The summed E-state index contributed by atoms with van der Waals surface area (Å²) < 4.78 is 33.2. The fraction of sp³-hybridized carbons (Fsp3) is 0.200. The van der Waals surface area contributed by atoms with E-state index in [1.165, 1.54) is 80.4 Å². The van der Waals surface area contributed by atoms with Gasteiger partial charge in [-0.05, 0) is 104 Å². The van der Waals surface area contributed by atoms with Gasteiger partial charge in [0.1, 0.15) is 5.58 Å². The summed E-state index contributed by atoms with van der Waals surface area (Å²) >= 11 is 0. The first-order valence-corrected chi connectivity index (χ1v) is 17.3. The third kappa shape index (κ3) is 5.79. The molecule has 50 heavy (non-hydrogen) atoms. The number of hydrogen-bond donors (Lipinski definition) is 0. The zero-order chi connectivity index (χ0) is 35.2. The van der Waals surface area contributed by atoms with Gasteiger partial charge in [0.15, 0.2) is 0 Å². The number of aryl methyl sites for hydroxylation is 3. The van der Waals surface area contributed by atoms with Crippen molar-refractivity contribution in [2.45, 2.75) is 58.2 Å². The normalized spacial score (nSPS) is 14.8. The van der Waals surface area contributed by atoms with Crippen molar-refractivity contribution < 1.29 is 33.2 Å². The number of imidazole rings is 1. The molecule has 5 heteroatoms. The standard InChI is InChI=1S/C27H25N2.C18H12NO.Ir/c1-2-12-22(13-3-1)28-19-29(26-17-9-8-16-25(26)28)27-23-14-6-4-10-20(23)18-21-11-5-7-15-24(21)27;1-12-9-10-19-16(11-12)15-7-4-6-14-13-5-2-3-8-17(13)20-18(14)15;/h1-3,8-9,12,16-18H,4-7,10-11,14-15H2;2-6,8-11H,1H3;/q2*-1;+3/i;1D3;. The van der Waals surface area contributed by atoms with E-state index < -0.39 is 6.85 Å². The summed E-state index contributed by atoms with van der Waals surface area (Å²) in [6, 6.07) is 40.6. The molecule has 246 valence electrons. The molecule has 0 N–H and O–H groups in total. The first-order valence-electron chi connectivity index (χ1n) is 18.8. The number of benzene rings is 5. The number of pyridine rings is 1. The Morgan fingerprint density at radius 3 is 2.32 bits per heavy atom. The van der Waals surface area contributed by atoms with E-state index >= 15 is 0 Å². The van der Waals surface area contributed by atoms with Crippen LogP contribution in [0.15, 0.2) is 114 Å². The molecule has 3 aromatic heterocycles. The van der Waals surface area contributed by atoms with Crippen LogP contribution in [0.3, 0.4) is 0 Å². The predicted octanol–water partition coefficient (Wildman–Crippen LogP) is 10.0. The fourth-order valence-electron chi connectivity index (χ4n) is 7.75. The summed E-state index contributed by atoms with van der Waals surface area (Å²) in [6.07, 6.45) is 15.3. The number of fused-ring (bicyclic) bond motifs is 6. The van der Waals surface area contributed by atoms with E-state index in [9.17, 15) is 0 Å². The summed E-state index contributed by atoms with van der Waals surface area (Å²) in [5.74, 6) is 0. The van der Waals surface area contributed by atoms with E-state index in [2.05, 4.69) is 75.0 Å². The molecule has 3 heterocycles. The zero-order valence-electron chi connectivity index (χ0n) is 30.6. The minimum atomic E-state index is -2.17. The molecule has 0 fully saturated rings. The third-order valence-corrected chi connectivity index (χ3v) is 10.0. The second-order valence-corrected chi connectivity index (χ2v) is 13.0. The molecule has 0 amide bonds. The molecule has 2 aliphatic rings. The van der Waals surface area contributed by atoms with E-state index in [0.29, 0.717) is 16.8 Å². The Bertz CT molecular complexity index is 2550. The largest absolute Gasteiger partial charge is 3.00 e. The van der Waals surface area contributed by atoms with E-state index in [1.54, 1.807) is 28.3 Å². The number of rotatable bonds is 3. The predicted molar refractivity (Wildman–Crippen MR) is 196 cm³/mol. The Morgan fingerprint density at radius 1 is 0.760 bits per heavy atom. The van der Waals surface area contributed by atoms with Crippen molar-refractivity contribution in [3.8, 4) is 22.6 Å². The molecule has 2 aliphatic carbocycles. The smallest absolute Gasteiger partial charge is 0.501 e. The zero-order valence-corrected chi connectivity index (χ0v) is 30.0. The van der Waals surface area contributed by atoms with Gasteiger partial charge >= 0.3 is 20.1 Å². The van der Waals surface area contributed by atoms with Crippen molar-refractivity contribution in [2.75, 3.05) is 0 Å². The topological polar surface area (TPSA) is 34.8 Å². The van der Waals surface area contributed by atoms with Crippen LogP contribution >= 0.6 is 0 Å². The molecular weight excluding hydrogens is 791 g/mol. The Labute approximate surface area is 311 Å². The van der Waals surface area contributed by atoms with E-state index in [1.807, 2.05) is 48.5 Å². The molecule has 0 aliphatic heterocycles. The van der Waals surface area contributed by atoms with Crippen LogP contribution in [-0.2, 0) is 45.8 Å². The van der Waals surface area contributed by atoms with E-state index in [-0.39, 0.29) is 25.7 Å². The van der Waals surface area contributed by atoms with Gasteiger partial charge in [0.05, 0.1) is 22.3 Å². The third-order valence-electron chi connectivity index (χ3n) is 10.0. The summed E-state index contributed by atoms with van der Waals surface area (Å²) in [5.41, 5.74) is 14.1. The maximum atomic E-state index is 7.55. The molecule has 0 saturated carbocycles. The van der Waals surface area contributed by atoms with Gasteiger partial charge in [-0.3, -0.25) is 4.57 Å². The molecule has 5 aromatic carbocycles. The van der Waals surface area contributed by atoms with Crippen LogP contribution in [0, 0.1) is 25.3 Å².